The van der Waals surface area contributed by atoms with Crippen molar-refractivity contribution in [1.82, 2.24) is 14.3 Å². The highest BCUT2D eigenvalue weighted by molar-refractivity contribution is 5.89. The van der Waals surface area contributed by atoms with E-state index in [1.54, 1.807) is 0 Å². The van der Waals surface area contributed by atoms with Crippen molar-refractivity contribution in [2.24, 2.45) is 7.05 Å². The summed E-state index contributed by atoms with van der Waals surface area (Å²) in [5.41, 5.74) is -3.54. The molecule has 0 radical (unpaired) electrons. The molecule has 12 heteroatoms. The third-order valence-electron chi connectivity index (χ3n) is 3.28. The minimum atomic E-state index is -4.96. The summed E-state index contributed by atoms with van der Waals surface area (Å²) in [6.45, 7) is -0.867. The first kappa shape index (κ1) is 18.5. The van der Waals surface area contributed by atoms with E-state index in [4.69, 9.17) is 5.11 Å². The maximum Gasteiger partial charge on any atom is 0.451 e. The highest BCUT2D eigenvalue weighted by atomic mass is 19.4. The molecule has 0 fully saturated rings. The van der Waals surface area contributed by atoms with Gasteiger partial charge in [0, 0.05) is 7.05 Å². The first-order chi connectivity index (χ1) is 11.3. The Hall–Kier alpha value is -2.79. The number of hydrogen-bond acceptors (Lipinski definition) is 3. The van der Waals surface area contributed by atoms with Crippen LogP contribution in [0.3, 0.4) is 0 Å². The molecule has 0 unspecified atom stereocenters. The first-order valence-corrected chi connectivity index (χ1v) is 6.47. The predicted molar refractivity (Wildman–Crippen MR) is 70.0 cm³/mol. The molecule has 0 spiro atoms. The van der Waals surface area contributed by atoms with Gasteiger partial charge in [-0.05, 0) is 23.8 Å². The van der Waals surface area contributed by atoms with Gasteiger partial charge in [-0.2, -0.15) is 26.3 Å². The standard InChI is InChI=1S/C13H9F6N3O3/c1-21-10(13(17,18)19)20-22(11(21)25)5-6-4-7(12(14,15)16)2-3-8(6)9(23)24/h2-4H,5H2,1H3,(H,23,24). The van der Waals surface area contributed by atoms with E-state index in [2.05, 4.69) is 5.10 Å². The molecule has 1 heterocycles. The van der Waals surface area contributed by atoms with Crippen LogP contribution in [-0.2, 0) is 25.9 Å². The van der Waals surface area contributed by atoms with Gasteiger partial charge in [-0.25, -0.2) is 14.3 Å². The number of nitrogens with zero attached hydrogens (tertiary/aromatic N) is 3. The number of halogens is 6. The topological polar surface area (TPSA) is 77.1 Å². The van der Waals surface area contributed by atoms with Crippen molar-refractivity contribution in [2.75, 3.05) is 0 Å². The molecular weight excluding hydrogens is 360 g/mol. The SMILES string of the molecule is Cn1c(C(F)(F)F)nn(Cc2cc(C(F)(F)F)ccc2C(=O)O)c1=O. The fraction of sp³-hybridized carbons (Fsp3) is 0.308. The number of aromatic carboxylic acids is 1. The predicted octanol–water partition coefficient (Wildman–Crippen LogP) is 2.37. The summed E-state index contributed by atoms with van der Waals surface area (Å²) in [7, 11) is 0.791. The lowest BCUT2D eigenvalue weighted by Gasteiger charge is -2.11. The monoisotopic (exact) mass is 369 g/mol. The molecule has 0 amide bonds. The summed E-state index contributed by atoms with van der Waals surface area (Å²) in [6, 6.07) is 1.65. The second kappa shape index (κ2) is 5.93. The van der Waals surface area contributed by atoms with Gasteiger partial charge in [0.2, 0.25) is 5.82 Å². The molecule has 0 atom stereocenters. The Bertz CT molecular complexity index is 879. The van der Waals surface area contributed by atoms with E-state index in [0.29, 0.717) is 18.2 Å². The average Bonchev–Trinajstić information content (AvgIpc) is 2.74. The van der Waals surface area contributed by atoms with Crippen LogP contribution in [0, 0.1) is 0 Å². The number of aromatic nitrogens is 3. The van der Waals surface area contributed by atoms with Crippen LogP contribution in [0.25, 0.3) is 0 Å². The van der Waals surface area contributed by atoms with Crippen LogP contribution in [0.2, 0.25) is 0 Å². The minimum Gasteiger partial charge on any atom is -0.478 e. The smallest absolute Gasteiger partial charge is 0.451 e. The maximum atomic E-state index is 12.8. The molecule has 2 aromatic rings. The van der Waals surface area contributed by atoms with Crippen molar-refractivity contribution >= 4 is 5.97 Å². The van der Waals surface area contributed by atoms with Crippen molar-refractivity contribution in [3.63, 3.8) is 0 Å². The fourth-order valence-corrected chi connectivity index (χ4v) is 2.11. The third kappa shape index (κ3) is 3.67. The third-order valence-corrected chi connectivity index (χ3v) is 3.28. The van der Waals surface area contributed by atoms with E-state index in [9.17, 15) is 35.9 Å². The van der Waals surface area contributed by atoms with Crippen LogP contribution in [0.1, 0.15) is 27.3 Å². The molecule has 2 rings (SSSR count). The molecule has 136 valence electrons. The highest BCUT2D eigenvalue weighted by Crippen LogP contribution is 2.31. The Morgan fingerprint density at radius 2 is 1.76 bits per heavy atom. The zero-order valence-corrected chi connectivity index (χ0v) is 12.3. The van der Waals surface area contributed by atoms with Gasteiger partial charge in [-0.15, -0.1) is 5.10 Å². The van der Waals surface area contributed by atoms with Crippen LogP contribution in [0.15, 0.2) is 23.0 Å². The Kier molecular flexibility index (Phi) is 4.40. The van der Waals surface area contributed by atoms with Crippen LogP contribution in [0.4, 0.5) is 26.3 Å². The highest BCUT2D eigenvalue weighted by Gasteiger charge is 2.38. The minimum absolute atomic E-state index is 0.175. The zero-order valence-electron chi connectivity index (χ0n) is 12.3. The summed E-state index contributed by atoms with van der Waals surface area (Å²) < 4.78 is 76.9. The second-order valence-electron chi connectivity index (χ2n) is 5.00. The molecule has 0 bridgehead atoms. The molecule has 0 saturated carbocycles. The largest absolute Gasteiger partial charge is 0.478 e. The van der Waals surface area contributed by atoms with Crippen molar-refractivity contribution in [1.29, 1.82) is 0 Å². The van der Waals surface area contributed by atoms with E-state index >= 15 is 0 Å². The molecule has 0 aliphatic heterocycles. The summed E-state index contributed by atoms with van der Waals surface area (Å²) in [5, 5.41) is 12.1. The number of hydrogen-bond donors (Lipinski definition) is 1. The zero-order chi connectivity index (χ0) is 19.2. The molecule has 1 N–H and O–H groups in total. The molecular formula is C13H9F6N3O3. The van der Waals surface area contributed by atoms with Gasteiger partial charge < -0.3 is 5.11 Å². The lowest BCUT2D eigenvalue weighted by Crippen LogP contribution is -2.25. The Morgan fingerprint density at radius 1 is 1.16 bits per heavy atom. The molecule has 0 aliphatic carbocycles. The summed E-state index contributed by atoms with van der Waals surface area (Å²) in [5.74, 6) is -3.15. The number of alkyl halides is 6. The van der Waals surface area contributed by atoms with Gasteiger partial charge >= 0.3 is 24.0 Å². The number of carboxylic acid groups (broad SMARTS) is 1. The van der Waals surface area contributed by atoms with Crippen molar-refractivity contribution in [2.45, 2.75) is 18.9 Å². The van der Waals surface area contributed by atoms with Gasteiger partial charge in [-0.3, -0.25) is 4.57 Å². The summed E-state index contributed by atoms with van der Waals surface area (Å²) in [4.78, 5) is 22.9. The number of rotatable bonds is 3. The van der Waals surface area contributed by atoms with Crippen LogP contribution < -0.4 is 5.69 Å². The van der Waals surface area contributed by atoms with E-state index in [-0.39, 0.29) is 9.25 Å². The maximum absolute atomic E-state index is 12.8. The summed E-state index contributed by atoms with van der Waals surface area (Å²) in [6.07, 6.45) is -9.75. The Morgan fingerprint density at radius 3 is 2.20 bits per heavy atom. The van der Waals surface area contributed by atoms with Gasteiger partial charge in [0.15, 0.2) is 0 Å². The second-order valence-corrected chi connectivity index (χ2v) is 5.00. The summed E-state index contributed by atoms with van der Waals surface area (Å²) >= 11 is 0. The van der Waals surface area contributed by atoms with E-state index in [1.807, 2.05) is 0 Å². The van der Waals surface area contributed by atoms with Gasteiger partial charge in [0.25, 0.3) is 0 Å². The molecule has 1 aromatic carbocycles. The molecule has 1 aromatic heterocycles. The van der Waals surface area contributed by atoms with Crippen molar-refractivity contribution in [3.05, 3.63) is 51.2 Å². The van der Waals surface area contributed by atoms with E-state index in [1.165, 1.54) is 0 Å². The van der Waals surface area contributed by atoms with Crippen LogP contribution >= 0.6 is 0 Å². The number of carbonyl (C=O) groups is 1. The number of carboxylic acids is 1. The normalized spacial score (nSPS) is 12.4. The lowest BCUT2D eigenvalue weighted by atomic mass is 10.0. The Labute approximate surface area is 134 Å². The van der Waals surface area contributed by atoms with Gasteiger partial charge in [0.1, 0.15) is 0 Å². The first-order valence-electron chi connectivity index (χ1n) is 6.47. The van der Waals surface area contributed by atoms with Crippen LogP contribution in [-0.4, -0.2) is 25.4 Å². The molecule has 25 heavy (non-hydrogen) atoms. The average molecular weight is 369 g/mol. The van der Waals surface area contributed by atoms with Crippen LogP contribution in [0.5, 0.6) is 0 Å². The molecule has 0 saturated heterocycles. The van der Waals surface area contributed by atoms with Gasteiger partial charge in [-0.1, -0.05) is 0 Å². The van der Waals surface area contributed by atoms with E-state index in [0.717, 1.165) is 7.05 Å². The molecule has 6 nitrogen and oxygen atoms in total. The van der Waals surface area contributed by atoms with E-state index < -0.39 is 53.1 Å². The van der Waals surface area contributed by atoms with Crippen molar-refractivity contribution < 1.29 is 36.2 Å². The van der Waals surface area contributed by atoms with Gasteiger partial charge in [0.05, 0.1) is 17.7 Å². The molecule has 0 aliphatic rings. The Balaban J connectivity index is 2.57. The fourth-order valence-electron chi connectivity index (χ4n) is 2.11. The van der Waals surface area contributed by atoms with Crippen molar-refractivity contribution in [3.8, 4) is 0 Å². The number of benzene rings is 1. The quantitative estimate of drug-likeness (QED) is 0.843. The lowest BCUT2D eigenvalue weighted by molar-refractivity contribution is -0.147.